The summed E-state index contributed by atoms with van der Waals surface area (Å²) in [6.07, 6.45) is 5.95. The molecule has 2 aliphatic heterocycles. The van der Waals surface area contributed by atoms with E-state index in [4.69, 9.17) is 16.3 Å². The molecule has 5 heteroatoms. The Labute approximate surface area is 212 Å². The van der Waals surface area contributed by atoms with Crippen molar-refractivity contribution in [3.05, 3.63) is 82.6 Å². The predicted molar refractivity (Wildman–Crippen MR) is 141 cm³/mol. The van der Waals surface area contributed by atoms with Crippen molar-refractivity contribution in [2.75, 3.05) is 13.2 Å². The minimum Gasteiger partial charge on any atom is -0.492 e. The molecule has 2 fully saturated rings. The van der Waals surface area contributed by atoms with Crippen molar-refractivity contribution in [2.24, 2.45) is 0 Å². The zero-order chi connectivity index (χ0) is 24.4. The summed E-state index contributed by atoms with van der Waals surface area (Å²) in [5.74, 6) is 7.27. The molecule has 3 heterocycles. The number of piperidine rings is 1. The molecular weight excluding hydrogens is 456 g/mol. The van der Waals surface area contributed by atoms with Gasteiger partial charge in [0.25, 0.3) is 0 Å². The quantitative estimate of drug-likeness (QED) is 0.458. The zero-order valence-electron chi connectivity index (χ0n) is 20.3. The minimum absolute atomic E-state index is 0.486. The normalized spacial score (nSPS) is 23.5. The highest BCUT2D eigenvalue weighted by Gasteiger charge is 2.44. The van der Waals surface area contributed by atoms with Gasteiger partial charge in [0, 0.05) is 41.0 Å². The lowest BCUT2D eigenvalue weighted by Gasteiger charge is -2.42. The molecule has 2 saturated heterocycles. The van der Waals surface area contributed by atoms with Gasteiger partial charge in [0.05, 0.1) is 5.60 Å². The molecule has 0 amide bonds. The van der Waals surface area contributed by atoms with E-state index in [1.807, 2.05) is 61.7 Å². The molecule has 2 bridgehead atoms. The van der Waals surface area contributed by atoms with Crippen molar-refractivity contribution in [3.8, 4) is 28.7 Å². The zero-order valence-corrected chi connectivity index (χ0v) is 21.1. The maximum absolute atomic E-state index is 10.4. The fourth-order valence-corrected chi connectivity index (χ4v) is 5.61. The largest absolute Gasteiger partial charge is 0.492 e. The average molecular weight is 487 g/mol. The first kappa shape index (κ1) is 23.9. The van der Waals surface area contributed by atoms with Crippen LogP contribution in [0.25, 0.3) is 11.1 Å². The fraction of sp³-hybridized carbons (Fsp3) is 0.367. The second kappa shape index (κ2) is 10.0. The molecule has 0 spiro atoms. The van der Waals surface area contributed by atoms with Crippen LogP contribution in [-0.4, -0.2) is 45.8 Å². The number of fused-ring (bicyclic) bond motifs is 2. The first-order valence-corrected chi connectivity index (χ1v) is 12.7. The van der Waals surface area contributed by atoms with Gasteiger partial charge in [0.1, 0.15) is 18.1 Å². The molecule has 5 rings (SSSR count). The molecule has 0 radical (unpaired) electrons. The number of aliphatic hydroxyl groups is 1. The second-order valence-electron chi connectivity index (χ2n) is 10.0. The van der Waals surface area contributed by atoms with Crippen LogP contribution in [0.3, 0.4) is 0 Å². The Morgan fingerprint density at radius 1 is 1.03 bits per heavy atom. The van der Waals surface area contributed by atoms with Crippen molar-refractivity contribution in [1.29, 1.82) is 0 Å². The van der Waals surface area contributed by atoms with Gasteiger partial charge in [-0.05, 0) is 93.0 Å². The number of rotatable bonds is 5. The Balaban J connectivity index is 1.17. The maximum atomic E-state index is 10.4. The van der Waals surface area contributed by atoms with Gasteiger partial charge in [-0.3, -0.25) is 4.90 Å². The Bertz CT molecular complexity index is 1230. The molecule has 2 aromatic carbocycles. The Morgan fingerprint density at radius 2 is 1.74 bits per heavy atom. The third kappa shape index (κ3) is 5.70. The van der Waals surface area contributed by atoms with E-state index in [1.54, 1.807) is 0 Å². The van der Waals surface area contributed by atoms with E-state index in [1.165, 1.54) is 12.8 Å². The molecule has 0 aliphatic carbocycles. The van der Waals surface area contributed by atoms with E-state index in [0.29, 0.717) is 18.7 Å². The smallest absolute Gasteiger partial charge is 0.122 e. The molecule has 180 valence electrons. The van der Waals surface area contributed by atoms with Crippen LogP contribution in [0.1, 0.15) is 49.4 Å². The van der Waals surface area contributed by atoms with Crippen LogP contribution in [0.2, 0.25) is 5.02 Å². The summed E-state index contributed by atoms with van der Waals surface area (Å²) in [7, 11) is 0. The summed E-state index contributed by atoms with van der Waals surface area (Å²) < 4.78 is 6.12. The summed E-state index contributed by atoms with van der Waals surface area (Å²) in [5.41, 5.74) is 4.35. The van der Waals surface area contributed by atoms with E-state index in [9.17, 15) is 5.11 Å². The first-order chi connectivity index (χ1) is 16.9. The summed E-state index contributed by atoms with van der Waals surface area (Å²) in [4.78, 5) is 7.03. The molecule has 0 saturated carbocycles. The molecule has 0 unspecified atom stereocenters. The van der Waals surface area contributed by atoms with Gasteiger partial charge in [-0.25, -0.2) is 4.98 Å². The van der Waals surface area contributed by atoms with Crippen molar-refractivity contribution < 1.29 is 9.84 Å². The Kier molecular flexibility index (Phi) is 6.84. The van der Waals surface area contributed by atoms with Crippen LogP contribution >= 0.6 is 11.6 Å². The number of ether oxygens (including phenoxy) is 1. The highest BCUT2D eigenvalue weighted by Crippen LogP contribution is 2.40. The minimum atomic E-state index is -0.509. The number of benzene rings is 2. The molecule has 3 aromatic rings. The average Bonchev–Trinajstić information content (AvgIpc) is 3.09. The number of pyridine rings is 1. The SMILES string of the molecule is Cc1cc(C#Cc2ccc(-c3ccc(Cl)cc3)cn2)ccc1OCCN1[C@@H]2CC[C@H]1C[C@](C)(O)C2. The molecular formula is C30H31ClN2O2. The lowest BCUT2D eigenvalue weighted by molar-refractivity contribution is -0.0410. The number of nitrogens with zero attached hydrogens (tertiary/aromatic N) is 2. The summed E-state index contributed by atoms with van der Waals surface area (Å²) >= 11 is 5.97. The summed E-state index contributed by atoms with van der Waals surface area (Å²) in [6, 6.07) is 18.7. The van der Waals surface area contributed by atoms with Gasteiger partial charge in [0.2, 0.25) is 0 Å². The second-order valence-corrected chi connectivity index (χ2v) is 10.5. The number of hydrogen-bond donors (Lipinski definition) is 1. The van der Waals surface area contributed by atoms with Crippen molar-refractivity contribution in [2.45, 2.75) is 57.2 Å². The molecule has 1 aromatic heterocycles. The number of aromatic nitrogens is 1. The highest BCUT2D eigenvalue weighted by molar-refractivity contribution is 6.30. The highest BCUT2D eigenvalue weighted by atomic mass is 35.5. The first-order valence-electron chi connectivity index (χ1n) is 12.3. The van der Waals surface area contributed by atoms with Crippen LogP contribution in [0.15, 0.2) is 60.8 Å². The molecule has 3 atom stereocenters. The van der Waals surface area contributed by atoms with Crippen molar-refractivity contribution in [3.63, 3.8) is 0 Å². The van der Waals surface area contributed by atoms with E-state index >= 15 is 0 Å². The van der Waals surface area contributed by atoms with Crippen LogP contribution in [0, 0.1) is 18.8 Å². The third-order valence-electron chi connectivity index (χ3n) is 7.18. The summed E-state index contributed by atoms with van der Waals surface area (Å²) in [5, 5.41) is 11.2. The molecule has 35 heavy (non-hydrogen) atoms. The third-order valence-corrected chi connectivity index (χ3v) is 7.43. The number of halogens is 1. The van der Waals surface area contributed by atoms with E-state index < -0.39 is 5.60 Å². The lowest BCUT2D eigenvalue weighted by Crippen LogP contribution is -2.50. The lowest BCUT2D eigenvalue weighted by atomic mass is 9.88. The number of hydrogen-bond acceptors (Lipinski definition) is 4. The predicted octanol–water partition coefficient (Wildman–Crippen LogP) is 5.87. The van der Waals surface area contributed by atoms with Crippen LogP contribution in [0.4, 0.5) is 0 Å². The van der Waals surface area contributed by atoms with Crippen LogP contribution in [0.5, 0.6) is 5.75 Å². The fourth-order valence-electron chi connectivity index (χ4n) is 5.48. The van der Waals surface area contributed by atoms with Gasteiger partial charge in [0.15, 0.2) is 0 Å². The topological polar surface area (TPSA) is 45.6 Å². The van der Waals surface area contributed by atoms with Gasteiger partial charge >= 0.3 is 0 Å². The maximum Gasteiger partial charge on any atom is 0.122 e. The van der Waals surface area contributed by atoms with Crippen molar-refractivity contribution in [1.82, 2.24) is 9.88 Å². The van der Waals surface area contributed by atoms with Gasteiger partial charge in [-0.15, -0.1) is 0 Å². The summed E-state index contributed by atoms with van der Waals surface area (Å²) in [6.45, 7) is 5.60. The van der Waals surface area contributed by atoms with E-state index in [2.05, 4.69) is 34.7 Å². The van der Waals surface area contributed by atoms with E-state index in [-0.39, 0.29) is 0 Å². The van der Waals surface area contributed by atoms with Crippen molar-refractivity contribution >= 4 is 11.6 Å². The van der Waals surface area contributed by atoms with Crippen LogP contribution in [-0.2, 0) is 0 Å². The Hall–Kier alpha value is -2.84. The van der Waals surface area contributed by atoms with Gasteiger partial charge in [-0.2, -0.15) is 0 Å². The Morgan fingerprint density at radius 3 is 2.40 bits per heavy atom. The monoisotopic (exact) mass is 486 g/mol. The van der Waals surface area contributed by atoms with Gasteiger partial charge in [-0.1, -0.05) is 35.7 Å². The van der Waals surface area contributed by atoms with Gasteiger partial charge < -0.3 is 9.84 Å². The number of aryl methyl sites for hydroxylation is 1. The van der Waals surface area contributed by atoms with E-state index in [0.717, 1.165) is 58.1 Å². The van der Waals surface area contributed by atoms with Crippen LogP contribution < -0.4 is 4.74 Å². The molecule has 1 N–H and O–H groups in total. The molecule has 4 nitrogen and oxygen atoms in total. The standard InChI is InChI=1S/C30H31ClN2O2/c1-21-17-22(3-10-26-11-7-24(20-32-26)23-5-8-25(31)9-6-23)4-14-29(21)35-16-15-33-27-12-13-28(33)19-30(2,34)18-27/h4-9,11,14,17,20,27-28,34H,12-13,15-16,18-19H2,1-2H3/t27-,28+,30-. The molecule has 2 aliphatic rings.